The summed E-state index contributed by atoms with van der Waals surface area (Å²) >= 11 is 0. The summed E-state index contributed by atoms with van der Waals surface area (Å²) in [4.78, 5) is 24.7. The van der Waals surface area contributed by atoms with Crippen LogP contribution in [0.5, 0.6) is 0 Å². The van der Waals surface area contributed by atoms with Crippen molar-refractivity contribution < 1.29 is 24.5 Å². The Bertz CT molecular complexity index is 1400. The number of hydrogen-bond donors (Lipinski definition) is 3. The smallest absolute Gasteiger partial charge is 0.305 e. The predicted octanol–water partition coefficient (Wildman–Crippen LogP) is 27.2. The fourth-order valence-corrected chi connectivity index (χ4v) is 13.3. The number of allylic oxidation sites excluding steroid dienone is 4. The molecule has 0 aliphatic carbocycles. The molecule has 0 fully saturated rings. The zero-order valence-electron chi connectivity index (χ0n) is 60.7. The van der Waals surface area contributed by atoms with E-state index in [0.29, 0.717) is 25.9 Å². The minimum atomic E-state index is -0.662. The SMILES string of the molecule is CCCCC/C=C\C/C=C\CCCCCCCCCCCC(=O)OCCCCCCCCCCCCCCCCCCCCCCCCCCCCCCCCCCCC(=O)NC(CO)C(O)CCCCCCCCCCCCCCCCCCCCCC. The lowest BCUT2D eigenvalue weighted by molar-refractivity contribution is -0.143. The minimum absolute atomic E-state index is 0.0190. The standard InChI is InChI=1S/C83H161NO5/c1-3-5-7-9-11-13-15-17-19-21-23-40-43-47-51-55-59-63-67-71-75-81(86)80(79-85)84-82(87)76-72-68-64-60-56-52-48-44-41-37-35-33-31-29-27-25-24-26-28-30-32-34-36-38-42-46-50-54-58-62-66-70-74-78-89-83(88)77-73-69-65-61-57-53-49-45-39-22-20-18-16-14-12-10-8-6-4-2/h12,14,18,20,80-81,85-86H,3-11,13,15-17,19,21-79H2,1-2H3,(H,84,87)/b14-12-,20-18-. The highest BCUT2D eigenvalue weighted by molar-refractivity contribution is 5.76. The van der Waals surface area contributed by atoms with Crippen LogP contribution in [-0.4, -0.2) is 47.4 Å². The molecule has 0 heterocycles. The highest BCUT2D eigenvalue weighted by Crippen LogP contribution is 2.21. The van der Waals surface area contributed by atoms with Gasteiger partial charge in [-0.15, -0.1) is 0 Å². The maximum absolute atomic E-state index is 12.6. The average molecular weight is 1250 g/mol. The molecule has 0 aromatic heterocycles. The van der Waals surface area contributed by atoms with E-state index in [1.54, 1.807) is 0 Å². The van der Waals surface area contributed by atoms with Crippen LogP contribution in [0.25, 0.3) is 0 Å². The second-order valence-corrected chi connectivity index (χ2v) is 28.5. The van der Waals surface area contributed by atoms with E-state index in [2.05, 4.69) is 43.5 Å². The van der Waals surface area contributed by atoms with Gasteiger partial charge in [-0.3, -0.25) is 9.59 Å². The summed E-state index contributed by atoms with van der Waals surface area (Å²) in [6.45, 7) is 4.98. The maximum Gasteiger partial charge on any atom is 0.305 e. The average Bonchev–Trinajstić information content (AvgIpc) is 3.57. The van der Waals surface area contributed by atoms with Crippen molar-refractivity contribution in [3.05, 3.63) is 24.3 Å². The van der Waals surface area contributed by atoms with Crippen molar-refractivity contribution in [2.45, 2.75) is 482 Å². The van der Waals surface area contributed by atoms with Crippen LogP contribution in [0.1, 0.15) is 470 Å². The van der Waals surface area contributed by atoms with Crippen LogP contribution < -0.4 is 5.32 Å². The van der Waals surface area contributed by atoms with E-state index in [4.69, 9.17) is 4.74 Å². The first kappa shape index (κ1) is 87.3. The highest BCUT2D eigenvalue weighted by atomic mass is 16.5. The van der Waals surface area contributed by atoms with Crippen LogP contribution in [0.2, 0.25) is 0 Å². The quantitative estimate of drug-likeness (QED) is 0.0320. The lowest BCUT2D eigenvalue weighted by atomic mass is 10.0. The Labute approximate surface area is 558 Å². The van der Waals surface area contributed by atoms with Gasteiger partial charge in [0, 0.05) is 12.8 Å². The van der Waals surface area contributed by atoms with Crippen LogP contribution in [0.3, 0.4) is 0 Å². The van der Waals surface area contributed by atoms with Crippen LogP contribution in [-0.2, 0) is 14.3 Å². The van der Waals surface area contributed by atoms with E-state index >= 15 is 0 Å². The number of carbonyl (C=O) groups is 2. The molecule has 0 spiro atoms. The molecule has 2 atom stereocenters. The molecule has 0 aliphatic heterocycles. The van der Waals surface area contributed by atoms with E-state index < -0.39 is 12.1 Å². The molecule has 0 rings (SSSR count). The van der Waals surface area contributed by atoms with E-state index in [-0.39, 0.29) is 18.5 Å². The van der Waals surface area contributed by atoms with Crippen LogP contribution >= 0.6 is 0 Å². The topological polar surface area (TPSA) is 95.9 Å². The fourth-order valence-electron chi connectivity index (χ4n) is 13.3. The summed E-state index contributed by atoms with van der Waals surface area (Å²) in [5.41, 5.74) is 0. The zero-order valence-corrected chi connectivity index (χ0v) is 60.7. The number of amides is 1. The Morgan fingerprint density at radius 3 is 0.876 bits per heavy atom. The number of nitrogens with one attached hydrogen (secondary N) is 1. The zero-order chi connectivity index (χ0) is 64.2. The van der Waals surface area contributed by atoms with Gasteiger partial charge in [0.2, 0.25) is 5.91 Å². The van der Waals surface area contributed by atoms with Crippen LogP contribution in [0.15, 0.2) is 24.3 Å². The molecule has 6 heteroatoms. The Morgan fingerprint density at radius 2 is 0.562 bits per heavy atom. The largest absolute Gasteiger partial charge is 0.466 e. The van der Waals surface area contributed by atoms with Crippen LogP contribution in [0, 0.1) is 0 Å². The normalized spacial score (nSPS) is 12.5. The number of carbonyl (C=O) groups excluding carboxylic acids is 2. The molecule has 528 valence electrons. The lowest BCUT2D eigenvalue weighted by Crippen LogP contribution is -2.45. The van der Waals surface area contributed by atoms with Crippen molar-refractivity contribution in [2.24, 2.45) is 0 Å². The van der Waals surface area contributed by atoms with E-state index in [1.807, 2.05) is 0 Å². The highest BCUT2D eigenvalue weighted by Gasteiger charge is 2.20. The third kappa shape index (κ3) is 75.3. The summed E-state index contributed by atoms with van der Waals surface area (Å²) in [5.74, 6) is -0.00576. The van der Waals surface area contributed by atoms with Crippen molar-refractivity contribution >= 4 is 11.9 Å². The Hall–Kier alpha value is -1.66. The number of ether oxygens (including phenoxy) is 1. The predicted molar refractivity (Wildman–Crippen MR) is 393 cm³/mol. The van der Waals surface area contributed by atoms with Crippen molar-refractivity contribution in [1.82, 2.24) is 5.32 Å². The third-order valence-electron chi connectivity index (χ3n) is 19.5. The number of unbranched alkanes of at least 4 members (excludes halogenated alkanes) is 63. The Morgan fingerprint density at radius 1 is 0.315 bits per heavy atom. The first-order valence-electron chi connectivity index (χ1n) is 41.1. The molecule has 6 nitrogen and oxygen atoms in total. The van der Waals surface area contributed by atoms with Crippen molar-refractivity contribution in [3.8, 4) is 0 Å². The van der Waals surface area contributed by atoms with Crippen molar-refractivity contribution in [1.29, 1.82) is 0 Å². The molecule has 0 saturated carbocycles. The van der Waals surface area contributed by atoms with Crippen molar-refractivity contribution in [3.63, 3.8) is 0 Å². The molecule has 0 bridgehead atoms. The first-order chi connectivity index (χ1) is 44.0. The second kappa shape index (κ2) is 78.8. The van der Waals surface area contributed by atoms with Gasteiger partial charge in [-0.05, 0) is 57.8 Å². The number of rotatable bonds is 78. The summed E-state index contributed by atoms with van der Waals surface area (Å²) < 4.78 is 5.52. The molecule has 2 unspecified atom stereocenters. The third-order valence-corrected chi connectivity index (χ3v) is 19.5. The molecule has 0 aromatic carbocycles. The summed E-state index contributed by atoms with van der Waals surface area (Å²) in [7, 11) is 0. The Kier molecular flexibility index (Phi) is 77.3. The maximum atomic E-state index is 12.6. The van der Waals surface area contributed by atoms with Gasteiger partial charge >= 0.3 is 5.97 Å². The van der Waals surface area contributed by atoms with Gasteiger partial charge in [0.1, 0.15) is 0 Å². The van der Waals surface area contributed by atoms with E-state index in [1.165, 1.54) is 392 Å². The molecule has 3 N–H and O–H groups in total. The molecule has 1 amide bonds. The van der Waals surface area contributed by atoms with Crippen LogP contribution in [0.4, 0.5) is 0 Å². The summed E-state index contributed by atoms with van der Waals surface area (Å²) in [6, 6.07) is -0.538. The molecule has 0 saturated heterocycles. The molecule has 0 aliphatic rings. The van der Waals surface area contributed by atoms with Gasteiger partial charge in [-0.1, -0.05) is 423 Å². The van der Waals surface area contributed by atoms with Gasteiger partial charge in [-0.25, -0.2) is 0 Å². The van der Waals surface area contributed by atoms with Crippen molar-refractivity contribution in [2.75, 3.05) is 13.2 Å². The van der Waals surface area contributed by atoms with Gasteiger partial charge in [0.15, 0.2) is 0 Å². The fraction of sp³-hybridized carbons (Fsp3) is 0.928. The number of hydrogen-bond acceptors (Lipinski definition) is 5. The van der Waals surface area contributed by atoms with E-state index in [9.17, 15) is 19.8 Å². The van der Waals surface area contributed by atoms with E-state index in [0.717, 1.165) is 44.9 Å². The molecule has 0 radical (unpaired) electrons. The monoisotopic (exact) mass is 1250 g/mol. The molecule has 0 aromatic rings. The first-order valence-corrected chi connectivity index (χ1v) is 41.1. The molecular formula is C83H161NO5. The number of aliphatic hydroxyl groups excluding tert-OH is 2. The lowest BCUT2D eigenvalue weighted by Gasteiger charge is -2.22. The van der Waals surface area contributed by atoms with Gasteiger partial charge in [0.05, 0.1) is 25.4 Å². The molecular weight excluding hydrogens is 1090 g/mol. The summed E-state index contributed by atoms with van der Waals surface area (Å²) in [6.07, 6.45) is 101. The molecule has 89 heavy (non-hydrogen) atoms. The van der Waals surface area contributed by atoms with Gasteiger partial charge in [0.25, 0.3) is 0 Å². The minimum Gasteiger partial charge on any atom is -0.466 e. The summed E-state index contributed by atoms with van der Waals surface area (Å²) in [5, 5.41) is 23.5. The van der Waals surface area contributed by atoms with Gasteiger partial charge < -0.3 is 20.3 Å². The Balaban J connectivity index is 3.31. The number of esters is 1. The second-order valence-electron chi connectivity index (χ2n) is 28.5. The van der Waals surface area contributed by atoms with Gasteiger partial charge in [-0.2, -0.15) is 0 Å². The number of aliphatic hydroxyl groups is 2.